The molecule has 122 valence electrons. The van der Waals surface area contributed by atoms with Gasteiger partial charge in [-0.05, 0) is 12.1 Å². The molecule has 3 heterocycles. The predicted molar refractivity (Wildman–Crippen MR) is 99.3 cm³/mol. The fourth-order valence-electron chi connectivity index (χ4n) is 2.62. The van der Waals surface area contributed by atoms with Crippen molar-refractivity contribution in [1.82, 2.24) is 15.0 Å². The molecular weight excluding hydrogens is 388 g/mol. The summed E-state index contributed by atoms with van der Waals surface area (Å²) in [6.45, 7) is 3.10. The highest BCUT2D eigenvalue weighted by atomic mass is 79.9. The molecule has 1 saturated heterocycles. The maximum absolute atomic E-state index is 5.43. The van der Waals surface area contributed by atoms with Gasteiger partial charge in [-0.2, -0.15) is 0 Å². The van der Waals surface area contributed by atoms with Crippen LogP contribution in [0.25, 0.3) is 22.0 Å². The van der Waals surface area contributed by atoms with E-state index in [1.807, 2.05) is 12.1 Å². The average Bonchev–Trinajstić information content (AvgIpc) is 3.13. The summed E-state index contributed by atoms with van der Waals surface area (Å²) in [5.41, 5.74) is 2.89. The Kier molecular flexibility index (Phi) is 4.55. The minimum absolute atomic E-state index is 0.720. The molecule has 1 fully saturated rings. The number of morpholine rings is 1. The summed E-state index contributed by atoms with van der Waals surface area (Å²) in [6.07, 6.45) is 3.46. The third kappa shape index (κ3) is 3.19. The molecule has 0 N–H and O–H groups in total. The van der Waals surface area contributed by atoms with Crippen LogP contribution in [-0.2, 0) is 4.74 Å². The Balaban J connectivity index is 1.68. The van der Waals surface area contributed by atoms with E-state index in [-0.39, 0.29) is 0 Å². The zero-order valence-corrected chi connectivity index (χ0v) is 15.3. The Labute approximate surface area is 152 Å². The van der Waals surface area contributed by atoms with Crippen LogP contribution in [-0.4, -0.2) is 41.3 Å². The Morgan fingerprint density at radius 1 is 1.04 bits per heavy atom. The van der Waals surface area contributed by atoms with Crippen molar-refractivity contribution in [2.24, 2.45) is 0 Å². The Hall–Kier alpha value is -1.83. The van der Waals surface area contributed by atoms with Crippen molar-refractivity contribution >= 4 is 33.1 Å². The normalized spacial score (nSPS) is 14.8. The predicted octanol–water partition coefficient (Wildman–Crippen LogP) is 3.87. The van der Waals surface area contributed by atoms with Gasteiger partial charge < -0.3 is 9.64 Å². The molecule has 0 atom stereocenters. The molecule has 0 unspecified atom stereocenters. The molecule has 3 aromatic rings. The molecule has 2 aromatic heterocycles. The van der Waals surface area contributed by atoms with Crippen LogP contribution in [0, 0.1) is 0 Å². The molecular formula is C17H15BrN4OS. The molecule has 4 rings (SSSR count). The zero-order valence-electron chi connectivity index (χ0n) is 12.9. The number of hydrogen-bond acceptors (Lipinski definition) is 6. The SMILES string of the molecule is Brc1ccc(-c2csc(-c3nccnc3N3CCOCC3)n2)cc1. The molecule has 5 nitrogen and oxygen atoms in total. The van der Waals surface area contributed by atoms with Gasteiger partial charge in [0.25, 0.3) is 0 Å². The number of thiazole rings is 1. The van der Waals surface area contributed by atoms with E-state index in [2.05, 4.69) is 48.3 Å². The van der Waals surface area contributed by atoms with Gasteiger partial charge >= 0.3 is 0 Å². The Morgan fingerprint density at radius 3 is 2.58 bits per heavy atom. The summed E-state index contributed by atoms with van der Waals surface area (Å²) in [6, 6.07) is 8.16. The summed E-state index contributed by atoms with van der Waals surface area (Å²) in [5.74, 6) is 0.887. The lowest BCUT2D eigenvalue weighted by Crippen LogP contribution is -2.37. The van der Waals surface area contributed by atoms with Gasteiger partial charge in [-0.25, -0.2) is 15.0 Å². The van der Waals surface area contributed by atoms with Crippen LogP contribution in [0.5, 0.6) is 0 Å². The van der Waals surface area contributed by atoms with Crippen LogP contribution >= 0.6 is 27.3 Å². The van der Waals surface area contributed by atoms with E-state index in [0.29, 0.717) is 0 Å². The summed E-state index contributed by atoms with van der Waals surface area (Å²) in [4.78, 5) is 16.1. The van der Waals surface area contributed by atoms with Gasteiger partial charge in [-0.15, -0.1) is 11.3 Å². The number of ether oxygens (including phenoxy) is 1. The highest BCUT2D eigenvalue weighted by Crippen LogP contribution is 2.32. The molecule has 0 saturated carbocycles. The number of hydrogen-bond donors (Lipinski definition) is 0. The fraction of sp³-hybridized carbons (Fsp3) is 0.235. The second-order valence-corrected chi connectivity index (χ2v) is 7.15. The van der Waals surface area contributed by atoms with Gasteiger partial charge in [0.05, 0.1) is 18.9 Å². The Bertz CT molecular complexity index is 831. The maximum atomic E-state index is 5.43. The highest BCUT2D eigenvalue weighted by molar-refractivity contribution is 9.10. The number of halogens is 1. The van der Waals surface area contributed by atoms with E-state index in [1.54, 1.807) is 23.7 Å². The summed E-state index contributed by atoms with van der Waals surface area (Å²) >= 11 is 5.06. The molecule has 0 radical (unpaired) electrons. The number of benzene rings is 1. The lowest BCUT2D eigenvalue weighted by atomic mass is 10.2. The van der Waals surface area contributed by atoms with Crippen LogP contribution in [0.1, 0.15) is 0 Å². The largest absolute Gasteiger partial charge is 0.378 e. The Morgan fingerprint density at radius 2 is 1.79 bits per heavy atom. The quantitative estimate of drug-likeness (QED) is 0.665. The van der Waals surface area contributed by atoms with Crippen molar-refractivity contribution in [3.05, 3.63) is 46.5 Å². The number of nitrogens with zero attached hydrogens (tertiary/aromatic N) is 4. The molecule has 0 aliphatic carbocycles. The second-order valence-electron chi connectivity index (χ2n) is 5.37. The van der Waals surface area contributed by atoms with Crippen molar-refractivity contribution in [3.63, 3.8) is 0 Å². The molecule has 0 amide bonds. The first-order valence-corrected chi connectivity index (χ1v) is 9.34. The van der Waals surface area contributed by atoms with E-state index in [1.165, 1.54) is 0 Å². The monoisotopic (exact) mass is 402 g/mol. The van der Waals surface area contributed by atoms with Crippen LogP contribution < -0.4 is 4.90 Å². The van der Waals surface area contributed by atoms with Gasteiger partial charge in [0, 0.05) is 40.9 Å². The second kappa shape index (κ2) is 6.96. The molecule has 24 heavy (non-hydrogen) atoms. The molecule has 1 aliphatic heterocycles. The number of anilines is 1. The van der Waals surface area contributed by atoms with Crippen molar-refractivity contribution in [3.8, 4) is 22.0 Å². The van der Waals surface area contributed by atoms with Crippen LogP contribution in [0.2, 0.25) is 0 Å². The van der Waals surface area contributed by atoms with Crippen molar-refractivity contribution in [1.29, 1.82) is 0 Å². The minimum Gasteiger partial charge on any atom is -0.378 e. The van der Waals surface area contributed by atoms with Gasteiger partial charge in [0.2, 0.25) is 0 Å². The first kappa shape index (κ1) is 15.7. The summed E-state index contributed by atoms with van der Waals surface area (Å²) < 4.78 is 6.49. The maximum Gasteiger partial charge on any atom is 0.157 e. The smallest absolute Gasteiger partial charge is 0.157 e. The fourth-order valence-corrected chi connectivity index (χ4v) is 3.71. The lowest BCUT2D eigenvalue weighted by Gasteiger charge is -2.28. The van der Waals surface area contributed by atoms with Crippen molar-refractivity contribution < 1.29 is 4.74 Å². The average molecular weight is 403 g/mol. The topological polar surface area (TPSA) is 51.1 Å². The molecule has 0 bridgehead atoms. The van der Waals surface area contributed by atoms with E-state index in [0.717, 1.165) is 58.6 Å². The minimum atomic E-state index is 0.720. The van der Waals surface area contributed by atoms with Crippen LogP contribution in [0.15, 0.2) is 46.5 Å². The van der Waals surface area contributed by atoms with Crippen molar-refractivity contribution in [2.45, 2.75) is 0 Å². The highest BCUT2D eigenvalue weighted by Gasteiger charge is 2.20. The molecule has 0 spiro atoms. The zero-order chi connectivity index (χ0) is 16.4. The van der Waals surface area contributed by atoms with Gasteiger partial charge in [-0.3, -0.25) is 0 Å². The van der Waals surface area contributed by atoms with Gasteiger partial charge in [-0.1, -0.05) is 28.1 Å². The molecule has 1 aromatic carbocycles. The van der Waals surface area contributed by atoms with Gasteiger partial charge in [0.15, 0.2) is 5.82 Å². The standard InChI is InChI=1S/C17H15BrN4OS/c18-13-3-1-12(2-4-13)14-11-24-17(21-14)15-16(20-6-5-19-15)22-7-9-23-10-8-22/h1-6,11H,7-10H2. The lowest BCUT2D eigenvalue weighted by molar-refractivity contribution is 0.122. The van der Waals surface area contributed by atoms with E-state index in [4.69, 9.17) is 9.72 Å². The molecule has 7 heteroatoms. The summed E-state index contributed by atoms with van der Waals surface area (Å²) in [5, 5.41) is 2.96. The van der Waals surface area contributed by atoms with E-state index >= 15 is 0 Å². The number of aromatic nitrogens is 3. The van der Waals surface area contributed by atoms with Crippen LogP contribution in [0.4, 0.5) is 5.82 Å². The first-order chi connectivity index (χ1) is 11.8. The first-order valence-electron chi connectivity index (χ1n) is 7.67. The third-order valence-electron chi connectivity index (χ3n) is 3.84. The number of rotatable bonds is 3. The van der Waals surface area contributed by atoms with Gasteiger partial charge in [0.1, 0.15) is 10.7 Å². The van der Waals surface area contributed by atoms with Crippen molar-refractivity contribution in [2.75, 3.05) is 31.2 Å². The van der Waals surface area contributed by atoms with E-state index in [9.17, 15) is 0 Å². The summed E-state index contributed by atoms with van der Waals surface area (Å²) in [7, 11) is 0. The van der Waals surface area contributed by atoms with Crippen LogP contribution in [0.3, 0.4) is 0 Å². The third-order valence-corrected chi connectivity index (χ3v) is 5.21. The molecule has 1 aliphatic rings. The van der Waals surface area contributed by atoms with E-state index < -0.39 is 0 Å².